The lowest BCUT2D eigenvalue weighted by Gasteiger charge is -2.34. The van der Waals surface area contributed by atoms with Crippen LogP contribution < -0.4 is 11.1 Å². The number of nitrogens with zero attached hydrogens (tertiary/aromatic N) is 2. The molecule has 0 aromatic carbocycles. The summed E-state index contributed by atoms with van der Waals surface area (Å²) in [6.45, 7) is 0.0842. The van der Waals surface area contributed by atoms with E-state index in [1.54, 1.807) is 18.3 Å². The second-order valence-corrected chi connectivity index (χ2v) is 5.41. The van der Waals surface area contributed by atoms with Crippen molar-refractivity contribution in [1.82, 2.24) is 15.2 Å². The number of carbonyl (C=O) groups excluding carboxylic acids is 1. The summed E-state index contributed by atoms with van der Waals surface area (Å²) in [5.41, 5.74) is 4.71. The van der Waals surface area contributed by atoms with Crippen molar-refractivity contribution in [1.29, 1.82) is 0 Å². The summed E-state index contributed by atoms with van der Waals surface area (Å²) in [4.78, 5) is 16.3. The average Bonchev–Trinajstić information content (AvgIpc) is 2.32. The van der Waals surface area contributed by atoms with Gasteiger partial charge in [-0.2, -0.15) is 8.42 Å². The molecule has 8 nitrogen and oxygen atoms in total. The third-order valence-electron chi connectivity index (χ3n) is 2.52. The van der Waals surface area contributed by atoms with Crippen LogP contribution >= 0.6 is 0 Å². The van der Waals surface area contributed by atoms with Crippen molar-refractivity contribution in [2.75, 3.05) is 0 Å². The first kappa shape index (κ1) is 13.3. The molecule has 2 heterocycles. The average molecular weight is 284 g/mol. The van der Waals surface area contributed by atoms with Crippen LogP contribution in [-0.2, 0) is 21.5 Å². The number of nitrogens with one attached hydrogen (secondary N) is 1. The fourth-order valence-corrected chi connectivity index (χ4v) is 2.47. The molecular formula is C10H12N4O4S. The molecule has 1 aliphatic heterocycles. The molecule has 1 aromatic heterocycles. The fraction of sp³-hybridized carbons (Fsp3) is 0.200. The molecule has 0 spiro atoms. The molecule has 9 heteroatoms. The molecule has 19 heavy (non-hydrogen) atoms. The Morgan fingerprint density at radius 1 is 1.53 bits per heavy atom. The Morgan fingerprint density at radius 2 is 2.26 bits per heavy atom. The van der Waals surface area contributed by atoms with Crippen LogP contribution in [0.1, 0.15) is 5.56 Å². The van der Waals surface area contributed by atoms with Crippen LogP contribution in [0.5, 0.6) is 0 Å². The van der Waals surface area contributed by atoms with Crippen molar-refractivity contribution in [3.05, 3.63) is 42.0 Å². The van der Waals surface area contributed by atoms with Gasteiger partial charge in [0.15, 0.2) is 0 Å². The quantitative estimate of drug-likeness (QED) is 0.607. The van der Waals surface area contributed by atoms with E-state index in [0.29, 0.717) is 5.56 Å². The molecule has 102 valence electrons. The van der Waals surface area contributed by atoms with Gasteiger partial charge >= 0.3 is 10.1 Å². The highest BCUT2D eigenvalue weighted by Crippen LogP contribution is 2.16. The van der Waals surface area contributed by atoms with E-state index in [4.69, 9.17) is 10.3 Å². The van der Waals surface area contributed by atoms with Gasteiger partial charge in [-0.1, -0.05) is 6.07 Å². The summed E-state index contributed by atoms with van der Waals surface area (Å²) < 4.78 is 31.7. The van der Waals surface area contributed by atoms with Gasteiger partial charge in [0.1, 0.15) is 5.82 Å². The summed E-state index contributed by atoms with van der Waals surface area (Å²) in [6.07, 6.45) is 4.16. The van der Waals surface area contributed by atoms with Crippen molar-refractivity contribution in [3.63, 3.8) is 0 Å². The minimum absolute atomic E-state index is 0.0461. The molecular weight excluding hydrogens is 272 g/mol. The van der Waals surface area contributed by atoms with Gasteiger partial charge in [0, 0.05) is 25.0 Å². The maximum absolute atomic E-state index is 11.3. The SMILES string of the molecule is NC1=CC(=O)NC(S(=O)(=O)O)N1Cc1cccnc1. The van der Waals surface area contributed by atoms with Gasteiger partial charge in [-0.25, -0.2) is 0 Å². The Bertz CT molecular complexity index is 614. The zero-order valence-electron chi connectivity index (χ0n) is 9.72. The number of carbonyl (C=O) groups is 1. The van der Waals surface area contributed by atoms with Gasteiger partial charge in [-0.3, -0.25) is 14.3 Å². The normalized spacial score (nSPS) is 19.8. The summed E-state index contributed by atoms with van der Waals surface area (Å²) in [6, 6.07) is 3.40. The lowest BCUT2D eigenvalue weighted by molar-refractivity contribution is -0.118. The lowest BCUT2D eigenvalue weighted by atomic mass is 10.2. The summed E-state index contributed by atoms with van der Waals surface area (Å²) in [7, 11) is -4.51. The van der Waals surface area contributed by atoms with Gasteiger partial charge in [0.05, 0.1) is 0 Å². The minimum Gasteiger partial charge on any atom is -0.385 e. The number of pyridine rings is 1. The Morgan fingerprint density at radius 3 is 2.84 bits per heavy atom. The highest BCUT2D eigenvalue weighted by atomic mass is 32.2. The molecule has 0 aliphatic carbocycles. The maximum atomic E-state index is 11.3. The predicted octanol–water partition coefficient (Wildman–Crippen LogP) is -1.02. The van der Waals surface area contributed by atoms with E-state index in [1.165, 1.54) is 6.20 Å². The Balaban J connectivity index is 2.33. The fourth-order valence-electron chi connectivity index (χ4n) is 1.69. The lowest BCUT2D eigenvalue weighted by Crippen LogP contribution is -2.56. The van der Waals surface area contributed by atoms with Gasteiger partial charge in [-0.05, 0) is 11.6 Å². The zero-order chi connectivity index (χ0) is 14.0. The third kappa shape index (κ3) is 3.01. The molecule has 2 rings (SSSR count). The van der Waals surface area contributed by atoms with E-state index in [2.05, 4.69) is 10.3 Å². The first-order chi connectivity index (χ1) is 8.88. The zero-order valence-corrected chi connectivity index (χ0v) is 10.5. The van der Waals surface area contributed by atoms with E-state index in [1.807, 2.05) is 0 Å². The summed E-state index contributed by atoms with van der Waals surface area (Å²) in [5.74, 6) is -0.724. The minimum atomic E-state index is -4.51. The highest BCUT2D eigenvalue weighted by Gasteiger charge is 2.35. The molecule has 0 radical (unpaired) electrons. The first-order valence-electron chi connectivity index (χ1n) is 5.27. The molecule has 0 fully saturated rings. The largest absolute Gasteiger partial charge is 0.385 e. The number of aromatic nitrogens is 1. The number of rotatable bonds is 3. The van der Waals surface area contributed by atoms with Crippen LogP contribution in [0.25, 0.3) is 0 Å². The van der Waals surface area contributed by atoms with Gasteiger partial charge in [-0.15, -0.1) is 0 Å². The molecule has 0 saturated carbocycles. The first-order valence-corrected chi connectivity index (χ1v) is 6.78. The molecule has 0 bridgehead atoms. The monoisotopic (exact) mass is 284 g/mol. The second kappa shape index (κ2) is 4.86. The van der Waals surface area contributed by atoms with Crippen LogP contribution in [0, 0.1) is 0 Å². The smallest absolute Gasteiger partial charge is 0.306 e. The molecule has 1 amide bonds. The summed E-state index contributed by atoms with van der Waals surface area (Å²) >= 11 is 0. The molecule has 1 aromatic rings. The third-order valence-corrected chi connectivity index (χ3v) is 3.45. The Labute approximate surface area is 109 Å². The van der Waals surface area contributed by atoms with Crippen molar-refractivity contribution >= 4 is 16.0 Å². The Hall–Kier alpha value is -2.13. The molecule has 1 atom stereocenters. The molecule has 4 N–H and O–H groups in total. The second-order valence-electron chi connectivity index (χ2n) is 3.93. The van der Waals surface area contributed by atoms with E-state index >= 15 is 0 Å². The van der Waals surface area contributed by atoms with Crippen LogP contribution in [0.15, 0.2) is 36.4 Å². The number of amides is 1. The van der Waals surface area contributed by atoms with Crippen LogP contribution in [0.3, 0.4) is 0 Å². The van der Waals surface area contributed by atoms with Gasteiger partial charge < -0.3 is 16.0 Å². The molecule has 1 unspecified atom stereocenters. The molecule has 1 aliphatic rings. The van der Waals surface area contributed by atoms with E-state index in [-0.39, 0.29) is 12.4 Å². The highest BCUT2D eigenvalue weighted by molar-refractivity contribution is 7.86. The standard InChI is InChI=1S/C10H12N4O4S/c11-8-4-9(15)13-10(19(16,17)18)14(8)6-7-2-1-3-12-5-7/h1-5,10H,6,11H2,(H,13,15)(H,16,17,18). The van der Waals surface area contributed by atoms with Crippen molar-refractivity contribution < 1.29 is 17.8 Å². The van der Waals surface area contributed by atoms with Gasteiger partial charge in [0.2, 0.25) is 11.4 Å². The molecule has 0 saturated heterocycles. The topological polar surface area (TPSA) is 126 Å². The van der Waals surface area contributed by atoms with Crippen LogP contribution in [0.4, 0.5) is 0 Å². The van der Waals surface area contributed by atoms with Crippen molar-refractivity contribution in [3.8, 4) is 0 Å². The van der Waals surface area contributed by atoms with E-state index in [0.717, 1.165) is 11.0 Å². The predicted molar refractivity (Wildman–Crippen MR) is 65.5 cm³/mol. The van der Waals surface area contributed by atoms with Crippen LogP contribution in [-0.4, -0.2) is 34.3 Å². The number of nitrogens with two attached hydrogens (primary N) is 1. The maximum Gasteiger partial charge on any atom is 0.306 e. The van der Waals surface area contributed by atoms with E-state index in [9.17, 15) is 13.2 Å². The number of hydrogen-bond donors (Lipinski definition) is 3. The van der Waals surface area contributed by atoms with Crippen LogP contribution in [0.2, 0.25) is 0 Å². The van der Waals surface area contributed by atoms with Crippen molar-refractivity contribution in [2.24, 2.45) is 5.73 Å². The summed E-state index contributed by atoms with van der Waals surface area (Å²) in [5, 5.41) is 2.13. The van der Waals surface area contributed by atoms with E-state index < -0.39 is 21.5 Å². The van der Waals surface area contributed by atoms with Crippen molar-refractivity contribution in [2.45, 2.75) is 12.0 Å². The van der Waals surface area contributed by atoms with Gasteiger partial charge in [0.25, 0.3) is 0 Å². The number of hydrogen-bond acceptors (Lipinski definition) is 6. The Kier molecular flexibility index (Phi) is 3.40.